The van der Waals surface area contributed by atoms with Gasteiger partial charge in [0.05, 0.1) is 7.11 Å². The predicted octanol–water partition coefficient (Wildman–Crippen LogP) is 3.80. The van der Waals surface area contributed by atoms with E-state index in [2.05, 4.69) is 10.3 Å². The summed E-state index contributed by atoms with van der Waals surface area (Å²) in [6.07, 6.45) is 4.67. The normalized spacial score (nSPS) is 10.9. The minimum Gasteiger partial charge on any atom is -0.484 e. The number of esters is 1. The van der Waals surface area contributed by atoms with Crippen LogP contribution in [0.2, 0.25) is 0 Å². The second kappa shape index (κ2) is 9.99. The van der Waals surface area contributed by atoms with E-state index in [1.807, 2.05) is 13.8 Å². The van der Waals surface area contributed by atoms with Crippen LogP contribution in [0.15, 0.2) is 42.6 Å². The average Bonchev–Trinajstić information content (AvgIpc) is 3.12. The molecule has 0 saturated carbocycles. The van der Waals surface area contributed by atoms with E-state index in [0.717, 1.165) is 16.5 Å². The maximum atomic E-state index is 12.6. The molecule has 0 aliphatic carbocycles. The largest absolute Gasteiger partial charge is 0.484 e. The molecule has 0 unspecified atom stereocenters. The first-order valence-electron chi connectivity index (χ1n) is 9.62. The molecule has 1 amide bonds. The summed E-state index contributed by atoms with van der Waals surface area (Å²) < 4.78 is 10.2. The number of fused-ring (bicyclic) bond motifs is 1. The van der Waals surface area contributed by atoms with Crippen molar-refractivity contribution in [3.63, 3.8) is 0 Å². The van der Waals surface area contributed by atoms with Crippen LogP contribution in [-0.4, -0.2) is 42.9 Å². The lowest BCUT2D eigenvalue weighted by molar-refractivity contribution is -0.122. The van der Waals surface area contributed by atoms with Crippen LogP contribution in [-0.2, 0) is 9.53 Å². The lowest BCUT2D eigenvalue weighted by Crippen LogP contribution is -2.28. The minimum absolute atomic E-state index is 0.0450. The molecule has 3 aromatic rings. The van der Waals surface area contributed by atoms with Crippen molar-refractivity contribution in [3.8, 4) is 5.75 Å². The number of thiophene rings is 1. The Morgan fingerprint density at radius 3 is 2.61 bits per heavy atom. The molecule has 7 nitrogen and oxygen atoms in total. The zero-order valence-electron chi connectivity index (χ0n) is 17.4. The number of allylic oxidation sites excluding steroid dienone is 1. The number of carbonyl (C=O) groups is 3. The zero-order chi connectivity index (χ0) is 22.4. The third-order valence-corrected chi connectivity index (χ3v) is 5.70. The molecule has 0 aliphatic heterocycles. The summed E-state index contributed by atoms with van der Waals surface area (Å²) in [5.41, 5.74) is 2.00. The molecule has 0 atom stereocenters. The molecule has 160 valence electrons. The quantitative estimate of drug-likeness (QED) is 0.327. The van der Waals surface area contributed by atoms with E-state index in [9.17, 15) is 14.4 Å². The highest BCUT2D eigenvalue weighted by Gasteiger charge is 2.17. The Kier molecular flexibility index (Phi) is 7.15. The summed E-state index contributed by atoms with van der Waals surface area (Å²) in [5, 5.41) is 3.42. The predicted molar refractivity (Wildman–Crippen MR) is 120 cm³/mol. The molecule has 0 bridgehead atoms. The minimum atomic E-state index is -0.410. The van der Waals surface area contributed by atoms with E-state index in [1.165, 1.54) is 30.7 Å². The first-order valence-corrected chi connectivity index (χ1v) is 10.4. The lowest BCUT2D eigenvalue weighted by Gasteiger charge is -2.06. The number of hydrogen-bond acceptors (Lipinski definition) is 7. The van der Waals surface area contributed by atoms with Gasteiger partial charge in [0.25, 0.3) is 5.91 Å². The van der Waals surface area contributed by atoms with E-state index in [4.69, 9.17) is 9.47 Å². The Labute approximate surface area is 183 Å². The van der Waals surface area contributed by atoms with Crippen molar-refractivity contribution >= 4 is 45.3 Å². The highest BCUT2D eigenvalue weighted by Crippen LogP contribution is 2.30. The summed E-state index contributed by atoms with van der Waals surface area (Å²) in [4.78, 5) is 41.4. The van der Waals surface area contributed by atoms with Crippen LogP contribution in [0.5, 0.6) is 5.75 Å². The third kappa shape index (κ3) is 5.35. The molecule has 3 rings (SSSR count). The monoisotopic (exact) mass is 438 g/mol. The maximum Gasteiger partial charge on any atom is 0.348 e. The number of methoxy groups -OCH3 is 1. The van der Waals surface area contributed by atoms with Gasteiger partial charge in [0.1, 0.15) is 15.5 Å². The zero-order valence-corrected chi connectivity index (χ0v) is 18.2. The molecule has 2 aromatic heterocycles. The first kappa shape index (κ1) is 22.2. The Bertz CT molecular complexity index is 1150. The number of pyridine rings is 1. The van der Waals surface area contributed by atoms with Gasteiger partial charge in [-0.1, -0.05) is 18.2 Å². The van der Waals surface area contributed by atoms with Gasteiger partial charge in [-0.2, -0.15) is 0 Å². The second-order valence-corrected chi connectivity index (χ2v) is 7.63. The van der Waals surface area contributed by atoms with Crippen molar-refractivity contribution in [2.45, 2.75) is 13.8 Å². The van der Waals surface area contributed by atoms with Crippen LogP contribution in [0.25, 0.3) is 16.3 Å². The molecule has 1 aromatic carbocycles. The number of hydrogen-bond donors (Lipinski definition) is 1. The van der Waals surface area contributed by atoms with Crippen LogP contribution in [0, 0.1) is 6.92 Å². The number of nitrogens with zero attached hydrogens (tertiary/aromatic N) is 1. The Morgan fingerprint density at radius 2 is 1.94 bits per heavy atom. The fourth-order valence-corrected chi connectivity index (χ4v) is 3.91. The van der Waals surface area contributed by atoms with Gasteiger partial charge in [-0.15, -0.1) is 11.3 Å². The van der Waals surface area contributed by atoms with Crippen LogP contribution in [0.4, 0.5) is 0 Å². The van der Waals surface area contributed by atoms with Crippen molar-refractivity contribution in [3.05, 3.63) is 64.2 Å². The lowest BCUT2D eigenvalue weighted by atomic mass is 10.1. The number of likely N-dealkylation sites (N-methyl/N-ethyl adjacent to an activating group) is 1. The number of benzene rings is 1. The number of rotatable bonds is 8. The topological polar surface area (TPSA) is 94.6 Å². The van der Waals surface area contributed by atoms with Gasteiger partial charge in [0.2, 0.25) is 0 Å². The second-order valence-electron chi connectivity index (χ2n) is 6.63. The van der Waals surface area contributed by atoms with E-state index in [1.54, 1.807) is 36.4 Å². The molecular weight excluding hydrogens is 416 g/mol. The van der Waals surface area contributed by atoms with Gasteiger partial charge in [-0.05, 0) is 49.2 Å². The molecule has 31 heavy (non-hydrogen) atoms. The molecular formula is C23H22N2O5S. The summed E-state index contributed by atoms with van der Waals surface area (Å²) in [6.45, 7) is 4.17. The average molecular weight is 439 g/mol. The summed E-state index contributed by atoms with van der Waals surface area (Å²) >= 11 is 1.25. The molecule has 0 fully saturated rings. The van der Waals surface area contributed by atoms with Crippen LogP contribution < -0.4 is 10.1 Å². The molecule has 2 heterocycles. The maximum absolute atomic E-state index is 12.6. The van der Waals surface area contributed by atoms with Crippen LogP contribution in [0.3, 0.4) is 0 Å². The number of aromatic nitrogens is 1. The van der Waals surface area contributed by atoms with Gasteiger partial charge >= 0.3 is 5.97 Å². The first-order chi connectivity index (χ1) is 14.9. The summed E-state index contributed by atoms with van der Waals surface area (Å²) in [6, 6.07) is 8.81. The van der Waals surface area contributed by atoms with E-state index >= 15 is 0 Å². The Hall–Kier alpha value is -3.52. The highest BCUT2D eigenvalue weighted by molar-refractivity contribution is 7.20. The van der Waals surface area contributed by atoms with E-state index in [0.29, 0.717) is 27.6 Å². The van der Waals surface area contributed by atoms with Crippen molar-refractivity contribution in [2.75, 3.05) is 20.3 Å². The number of nitrogens with one attached hydrogen (secondary N) is 1. The van der Waals surface area contributed by atoms with Gasteiger partial charge in [-0.3, -0.25) is 9.59 Å². The third-order valence-electron chi connectivity index (χ3n) is 4.50. The number of ether oxygens (including phenoxy) is 2. The van der Waals surface area contributed by atoms with E-state index < -0.39 is 5.97 Å². The SMILES string of the molecule is CCNC(=O)COc1ccc(/C=C/C(=O)c2cnc3sc(C(=O)OC)c(C)c3c2)cc1. The number of aryl methyl sites for hydroxylation is 1. The van der Waals surface area contributed by atoms with Gasteiger partial charge in [0.15, 0.2) is 12.4 Å². The molecule has 0 aliphatic rings. The summed E-state index contributed by atoms with van der Waals surface area (Å²) in [7, 11) is 1.33. The fourth-order valence-electron chi connectivity index (χ4n) is 2.86. The molecule has 1 N–H and O–H groups in total. The highest BCUT2D eigenvalue weighted by atomic mass is 32.1. The van der Waals surface area contributed by atoms with Crippen LogP contribution in [0.1, 0.15) is 38.1 Å². The van der Waals surface area contributed by atoms with Crippen LogP contribution >= 0.6 is 11.3 Å². The number of carbonyl (C=O) groups excluding carboxylic acids is 3. The molecule has 0 radical (unpaired) electrons. The van der Waals surface area contributed by atoms with Crippen molar-refractivity contribution in [1.29, 1.82) is 0 Å². The Morgan fingerprint density at radius 1 is 1.19 bits per heavy atom. The van der Waals surface area contributed by atoms with Gasteiger partial charge in [0, 0.05) is 23.7 Å². The molecule has 8 heteroatoms. The number of ketones is 1. The summed E-state index contributed by atoms with van der Waals surface area (Å²) in [5.74, 6) is -0.219. The van der Waals surface area contributed by atoms with Crippen molar-refractivity contribution in [1.82, 2.24) is 10.3 Å². The Balaban J connectivity index is 1.69. The molecule has 0 saturated heterocycles. The van der Waals surface area contributed by atoms with E-state index in [-0.39, 0.29) is 18.3 Å². The molecule has 0 spiro atoms. The standard InChI is InChI=1S/C23H22N2O5S/c1-4-24-20(27)13-30-17-8-5-15(6-9-17)7-10-19(26)16-11-18-14(2)21(23(28)29-3)31-22(18)25-12-16/h5-12H,4,13H2,1-3H3,(H,24,27)/b10-7+. The fraction of sp³-hybridized carbons (Fsp3) is 0.217. The smallest absolute Gasteiger partial charge is 0.348 e. The van der Waals surface area contributed by atoms with Crippen molar-refractivity contribution < 1.29 is 23.9 Å². The number of amides is 1. The van der Waals surface area contributed by atoms with Crippen molar-refractivity contribution in [2.24, 2.45) is 0 Å². The van der Waals surface area contributed by atoms with Gasteiger partial charge < -0.3 is 14.8 Å². The van der Waals surface area contributed by atoms with Gasteiger partial charge in [-0.25, -0.2) is 9.78 Å².